The zero-order chi connectivity index (χ0) is 13.9. The van der Waals surface area contributed by atoms with E-state index in [4.69, 9.17) is 10.6 Å². The van der Waals surface area contributed by atoms with E-state index in [9.17, 15) is 13.2 Å². The van der Waals surface area contributed by atoms with Crippen molar-refractivity contribution < 1.29 is 17.9 Å². The van der Waals surface area contributed by atoms with E-state index in [1.54, 1.807) is 17.6 Å². The quantitative estimate of drug-likeness (QED) is 0.246. The smallest absolute Gasteiger partial charge is 0.339 e. The van der Waals surface area contributed by atoms with Gasteiger partial charge in [-0.1, -0.05) is 18.2 Å². The van der Waals surface area contributed by atoms with Crippen molar-refractivity contribution in [3.63, 3.8) is 0 Å². The molecule has 0 saturated carbocycles. The van der Waals surface area contributed by atoms with Gasteiger partial charge in [0, 0.05) is 6.42 Å². The molecule has 4 N–H and O–H groups in total. The first-order chi connectivity index (χ1) is 9.03. The fraction of sp³-hybridized carbons (Fsp3) is 0.300. The van der Waals surface area contributed by atoms with Crippen molar-refractivity contribution in [2.45, 2.75) is 18.3 Å². The van der Waals surface area contributed by atoms with E-state index < -0.39 is 20.3 Å². The lowest BCUT2D eigenvalue weighted by atomic mass is 10.1. The molecule has 7 nitrogen and oxygen atoms in total. The van der Waals surface area contributed by atoms with Gasteiger partial charge in [-0.2, -0.15) is 0 Å². The van der Waals surface area contributed by atoms with Gasteiger partial charge in [-0.05, 0) is 18.1 Å². The Morgan fingerprint density at radius 3 is 2.89 bits per heavy atom. The number of hydrazine groups is 1. The van der Waals surface area contributed by atoms with Gasteiger partial charge in [-0.15, -0.1) is 0 Å². The molecule has 2 rings (SSSR count). The van der Waals surface area contributed by atoms with Gasteiger partial charge in [-0.3, -0.25) is 10.1 Å². The molecule has 19 heavy (non-hydrogen) atoms. The van der Waals surface area contributed by atoms with E-state index in [1.165, 1.54) is 0 Å². The molecule has 1 atom stereocenters. The third-order valence-corrected chi connectivity index (χ3v) is 5.65. The summed E-state index contributed by atoms with van der Waals surface area (Å²) in [6.45, 7) is 0. The summed E-state index contributed by atoms with van der Waals surface area (Å²) in [7, 11) is -3.37. The molecular weight excluding hydrogens is 290 g/mol. The Kier molecular flexibility index (Phi) is 4.17. The molecule has 1 aliphatic rings. The predicted molar refractivity (Wildman–Crippen MR) is 71.5 cm³/mol. The van der Waals surface area contributed by atoms with Crippen molar-refractivity contribution in [3.05, 3.63) is 29.8 Å². The van der Waals surface area contributed by atoms with Gasteiger partial charge in [0.15, 0.2) is 0 Å². The van der Waals surface area contributed by atoms with Crippen LogP contribution >= 0.6 is 11.0 Å². The summed E-state index contributed by atoms with van der Waals surface area (Å²) in [5, 5.41) is 0. The molecule has 1 aromatic rings. The minimum atomic E-state index is -3.66. The molecule has 0 saturated heterocycles. The molecule has 0 bridgehead atoms. The molecule has 1 aliphatic heterocycles. The fourth-order valence-corrected chi connectivity index (χ4v) is 3.97. The highest BCUT2D eigenvalue weighted by Crippen LogP contribution is 2.31. The lowest BCUT2D eigenvalue weighted by molar-refractivity contribution is 0.245. The number of para-hydroxylation sites is 1. The highest BCUT2D eigenvalue weighted by molar-refractivity contribution is 8.71. The van der Waals surface area contributed by atoms with Gasteiger partial charge in [0.25, 0.3) is 8.87 Å². The number of aryl methyl sites for hydroxylation is 1. The van der Waals surface area contributed by atoms with Crippen LogP contribution in [-0.2, 0) is 15.3 Å². The molecule has 1 unspecified atom stereocenters. The maximum Gasteiger partial charge on any atom is 0.339 e. The van der Waals surface area contributed by atoms with Gasteiger partial charge >= 0.3 is 6.03 Å². The van der Waals surface area contributed by atoms with Crippen LogP contribution in [0.15, 0.2) is 24.3 Å². The van der Waals surface area contributed by atoms with Crippen molar-refractivity contribution in [1.29, 1.82) is 0 Å². The molecule has 1 heterocycles. The zero-order valence-electron chi connectivity index (χ0n) is 9.83. The predicted octanol–water partition coefficient (Wildman–Crippen LogP) is 0.489. The Balaban J connectivity index is 2.05. The Bertz CT molecular complexity index is 576. The lowest BCUT2D eigenvalue weighted by Crippen LogP contribution is -2.39. The van der Waals surface area contributed by atoms with Crippen molar-refractivity contribution in [2.24, 2.45) is 5.84 Å². The highest BCUT2D eigenvalue weighted by atomic mass is 33.1. The molecule has 0 spiro atoms. The van der Waals surface area contributed by atoms with Crippen LogP contribution in [0.3, 0.4) is 0 Å². The van der Waals surface area contributed by atoms with Crippen molar-refractivity contribution in [1.82, 2.24) is 10.1 Å². The normalized spacial score (nSPS) is 18.1. The second-order valence-electron chi connectivity index (χ2n) is 3.85. The topological polar surface area (TPSA) is 111 Å². The standard InChI is InChI=1S/C10H13N3O4S2/c11-12-10(14)13-18-19(15,16)9-6-5-7-3-1-2-4-8(7)17-9/h1-4,9H,5-6,11H2,(H2,12,13,14). The fourth-order valence-electron chi connectivity index (χ4n) is 1.68. The van der Waals surface area contributed by atoms with E-state index in [2.05, 4.69) is 4.72 Å². The first kappa shape index (κ1) is 14.0. The number of hydrogen-bond donors (Lipinski definition) is 3. The van der Waals surface area contributed by atoms with Crippen LogP contribution < -0.4 is 20.7 Å². The number of benzene rings is 1. The summed E-state index contributed by atoms with van der Waals surface area (Å²) in [4.78, 5) is 10.9. The average Bonchev–Trinajstić information content (AvgIpc) is 2.44. The van der Waals surface area contributed by atoms with Crippen molar-refractivity contribution in [3.8, 4) is 5.75 Å². The largest absolute Gasteiger partial charge is 0.473 e. The maximum absolute atomic E-state index is 12.0. The van der Waals surface area contributed by atoms with E-state index in [-0.39, 0.29) is 0 Å². The summed E-state index contributed by atoms with van der Waals surface area (Å²) >= 11 is 0. The van der Waals surface area contributed by atoms with Gasteiger partial charge in [0.1, 0.15) is 5.75 Å². The number of nitrogens with two attached hydrogens (primary N) is 1. The van der Waals surface area contributed by atoms with Crippen LogP contribution in [-0.4, -0.2) is 19.9 Å². The zero-order valence-corrected chi connectivity index (χ0v) is 11.5. The monoisotopic (exact) mass is 303 g/mol. The first-order valence-corrected chi connectivity index (χ1v) is 8.34. The lowest BCUT2D eigenvalue weighted by Gasteiger charge is -2.25. The number of amides is 2. The Labute approximate surface area is 114 Å². The summed E-state index contributed by atoms with van der Waals surface area (Å²) in [5.74, 6) is 5.40. The van der Waals surface area contributed by atoms with Crippen LogP contribution in [0, 0.1) is 0 Å². The molecule has 0 aliphatic carbocycles. The van der Waals surface area contributed by atoms with Gasteiger partial charge < -0.3 is 4.74 Å². The number of fused-ring (bicyclic) bond motifs is 1. The molecule has 1 aromatic carbocycles. The molecule has 9 heteroatoms. The van der Waals surface area contributed by atoms with Gasteiger partial charge in [0.2, 0.25) is 5.44 Å². The van der Waals surface area contributed by atoms with E-state index in [1.807, 2.05) is 12.1 Å². The average molecular weight is 303 g/mol. The minimum absolute atomic E-state index is 0.298. The number of rotatable bonds is 3. The van der Waals surface area contributed by atoms with Gasteiger partial charge in [-0.25, -0.2) is 19.1 Å². The second-order valence-corrected chi connectivity index (χ2v) is 7.62. The molecule has 0 radical (unpaired) electrons. The number of nitrogens with one attached hydrogen (secondary N) is 2. The third kappa shape index (κ3) is 3.31. The second kappa shape index (κ2) is 5.68. The molecule has 0 aromatic heterocycles. The number of urea groups is 1. The molecule has 0 fully saturated rings. The Hall–Kier alpha value is -1.45. The summed E-state index contributed by atoms with van der Waals surface area (Å²) < 4.78 is 31.5. The minimum Gasteiger partial charge on any atom is -0.473 e. The highest BCUT2D eigenvalue weighted by Gasteiger charge is 2.32. The van der Waals surface area contributed by atoms with Crippen LogP contribution in [0.25, 0.3) is 0 Å². The number of ether oxygens (including phenoxy) is 1. The van der Waals surface area contributed by atoms with E-state index in [0.717, 1.165) is 5.56 Å². The summed E-state index contributed by atoms with van der Waals surface area (Å²) in [5.41, 5.74) is 1.78. The summed E-state index contributed by atoms with van der Waals surface area (Å²) in [6, 6.07) is 6.48. The number of carbonyl (C=O) groups is 1. The van der Waals surface area contributed by atoms with Crippen LogP contribution in [0.4, 0.5) is 4.79 Å². The van der Waals surface area contributed by atoms with Crippen LogP contribution in [0.5, 0.6) is 5.75 Å². The van der Waals surface area contributed by atoms with Gasteiger partial charge in [0.05, 0.1) is 11.0 Å². The molecule has 2 amide bonds. The SMILES string of the molecule is NNC(=O)NSS(=O)(=O)C1CCc2ccccc2O1. The molecule has 104 valence electrons. The van der Waals surface area contributed by atoms with Crippen molar-refractivity contribution in [2.75, 3.05) is 0 Å². The Morgan fingerprint density at radius 1 is 1.42 bits per heavy atom. The van der Waals surface area contributed by atoms with E-state index in [0.29, 0.717) is 29.6 Å². The van der Waals surface area contributed by atoms with Crippen LogP contribution in [0.1, 0.15) is 12.0 Å². The number of hydrogen-bond acceptors (Lipinski definition) is 6. The maximum atomic E-state index is 12.0. The Morgan fingerprint density at radius 2 is 2.16 bits per heavy atom. The number of carbonyl (C=O) groups excluding carboxylic acids is 1. The van der Waals surface area contributed by atoms with E-state index >= 15 is 0 Å². The third-order valence-electron chi connectivity index (χ3n) is 2.58. The van der Waals surface area contributed by atoms with Crippen molar-refractivity contribution >= 4 is 25.9 Å². The summed E-state index contributed by atoms with van der Waals surface area (Å²) in [6.07, 6.45) is 0.960. The van der Waals surface area contributed by atoms with Crippen LogP contribution in [0.2, 0.25) is 0 Å². The molecular formula is C10H13N3O4S2. The first-order valence-electron chi connectivity index (χ1n) is 5.46.